The molecule has 0 aliphatic rings. The number of carbonyl (C=O) groups is 1. The van der Waals surface area contributed by atoms with Crippen molar-refractivity contribution >= 4 is 40.1 Å². The van der Waals surface area contributed by atoms with Gasteiger partial charge in [0.1, 0.15) is 0 Å². The van der Waals surface area contributed by atoms with E-state index in [2.05, 4.69) is 48.7 Å². The maximum absolute atomic E-state index is 12.1. The standard InChI is InChI=1S/C14H19ClINO/c1-14(2,3)12(8-9-15)17-13(18)10-4-6-11(16)7-5-10/h4-7,12H,8-9H2,1-3H3,(H,17,18). The number of carbonyl (C=O) groups excluding carboxylic acids is 1. The van der Waals surface area contributed by atoms with Crippen LogP contribution in [0.3, 0.4) is 0 Å². The van der Waals surface area contributed by atoms with Gasteiger partial charge in [0, 0.05) is 21.1 Å². The van der Waals surface area contributed by atoms with Gasteiger partial charge in [-0.25, -0.2) is 0 Å². The first-order chi connectivity index (χ1) is 8.34. The third-order valence-electron chi connectivity index (χ3n) is 2.85. The fourth-order valence-corrected chi connectivity index (χ4v) is 2.25. The summed E-state index contributed by atoms with van der Waals surface area (Å²) in [7, 11) is 0. The van der Waals surface area contributed by atoms with Crippen molar-refractivity contribution in [3.63, 3.8) is 0 Å². The molecule has 1 unspecified atom stereocenters. The molecule has 1 aromatic rings. The van der Waals surface area contributed by atoms with E-state index in [9.17, 15) is 4.79 Å². The van der Waals surface area contributed by atoms with E-state index in [4.69, 9.17) is 11.6 Å². The van der Waals surface area contributed by atoms with Gasteiger partial charge in [-0.1, -0.05) is 20.8 Å². The van der Waals surface area contributed by atoms with Crippen LogP contribution in [0.2, 0.25) is 0 Å². The van der Waals surface area contributed by atoms with Gasteiger partial charge in [0.25, 0.3) is 5.91 Å². The molecule has 1 aromatic carbocycles. The van der Waals surface area contributed by atoms with Gasteiger partial charge in [-0.15, -0.1) is 11.6 Å². The molecule has 1 amide bonds. The summed E-state index contributed by atoms with van der Waals surface area (Å²) >= 11 is 8.02. The predicted molar refractivity (Wildman–Crippen MR) is 85.2 cm³/mol. The molecule has 0 spiro atoms. The molecule has 1 atom stereocenters. The lowest BCUT2D eigenvalue weighted by molar-refractivity contribution is 0.0900. The minimum atomic E-state index is -0.0311. The number of nitrogens with one attached hydrogen (secondary N) is 1. The van der Waals surface area contributed by atoms with Crippen molar-refractivity contribution < 1.29 is 4.79 Å². The van der Waals surface area contributed by atoms with Crippen molar-refractivity contribution in [2.24, 2.45) is 5.41 Å². The molecule has 0 aromatic heterocycles. The Bertz CT molecular complexity index is 397. The quantitative estimate of drug-likeness (QED) is 0.620. The molecule has 0 saturated carbocycles. The summed E-state index contributed by atoms with van der Waals surface area (Å²) in [4.78, 5) is 12.1. The smallest absolute Gasteiger partial charge is 0.251 e. The van der Waals surface area contributed by atoms with Gasteiger partial charge in [0.05, 0.1) is 0 Å². The predicted octanol–water partition coefficient (Wildman–Crippen LogP) is 4.06. The fourth-order valence-electron chi connectivity index (χ4n) is 1.67. The van der Waals surface area contributed by atoms with E-state index >= 15 is 0 Å². The maximum Gasteiger partial charge on any atom is 0.251 e. The number of hydrogen-bond acceptors (Lipinski definition) is 1. The SMILES string of the molecule is CC(C)(C)C(CCCl)NC(=O)c1ccc(I)cc1. The zero-order valence-corrected chi connectivity index (χ0v) is 13.9. The molecule has 0 bridgehead atoms. The third kappa shape index (κ3) is 4.76. The summed E-state index contributed by atoms with van der Waals surface area (Å²) in [5.74, 6) is 0.519. The summed E-state index contributed by atoms with van der Waals surface area (Å²) in [6, 6.07) is 7.64. The molecule has 0 aliphatic carbocycles. The normalized spacial score (nSPS) is 13.2. The molecule has 0 fully saturated rings. The minimum absolute atomic E-state index is 0.00769. The average molecular weight is 380 g/mol. The van der Waals surface area contributed by atoms with E-state index in [1.165, 1.54) is 0 Å². The second kappa shape index (κ2) is 6.75. The Morgan fingerprint density at radius 1 is 1.33 bits per heavy atom. The largest absolute Gasteiger partial charge is 0.349 e. The Labute approximate surface area is 128 Å². The topological polar surface area (TPSA) is 29.1 Å². The van der Waals surface area contributed by atoms with Crippen LogP contribution in [0.15, 0.2) is 24.3 Å². The number of benzene rings is 1. The molecule has 18 heavy (non-hydrogen) atoms. The summed E-state index contributed by atoms with van der Waals surface area (Å²) in [6.45, 7) is 6.33. The zero-order chi connectivity index (χ0) is 13.8. The molecule has 0 aliphatic heterocycles. The number of halogens is 2. The van der Waals surface area contributed by atoms with E-state index in [0.29, 0.717) is 11.4 Å². The summed E-state index contributed by atoms with van der Waals surface area (Å²) in [5, 5.41) is 3.07. The van der Waals surface area contributed by atoms with Crippen molar-refractivity contribution in [2.75, 3.05) is 5.88 Å². The van der Waals surface area contributed by atoms with E-state index in [0.717, 1.165) is 9.99 Å². The Hall–Kier alpha value is -0.290. The van der Waals surface area contributed by atoms with Gasteiger partial charge in [0.15, 0.2) is 0 Å². The van der Waals surface area contributed by atoms with Gasteiger partial charge < -0.3 is 5.32 Å². The lowest BCUT2D eigenvalue weighted by Gasteiger charge is -2.31. The molecular formula is C14H19ClINO. The number of amides is 1. The number of rotatable bonds is 4. The molecule has 0 heterocycles. The molecule has 100 valence electrons. The Balaban J connectivity index is 2.75. The molecule has 2 nitrogen and oxygen atoms in total. The first-order valence-corrected chi connectivity index (χ1v) is 7.58. The molecule has 0 radical (unpaired) electrons. The Morgan fingerprint density at radius 2 is 1.89 bits per heavy atom. The van der Waals surface area contributed by atoms with Crippen molar-refractivity contribution in [3.05, 3.63) is 33.4 Å². The summed E-state index contributed by atoms with van der Waals surface area (Å²) in [5.41, 5.74) is 0.701. The molecule has 4 heteroatoms. The van der Waals surface area contributed by atoms with Crippen LogP contribution in [0.5, 0.6) is 0 Å². The molecular weight excluding hydrogens is 361 g/mol. The van der Waals surface area contributed by atoms with Crippen LogP contribution in [-0.4, -0.2) is 17.8 Å². The van der Waals surface area contributed by atoms with Crippen LogP contribution in [-0.2, 0) is 0 Å². The lowest BCUT2D eigenvalue weighted by atomic mass is 9.85. The fraction of sp³-hybridized carbons (Fsp3) is 0.500. The van der Waals surface area contributed by atoms with Gasteiger partial charge >= 0.3 is 0 Å². The first-order valence-electron chi connectivity index (χ1n) is 5.97. The Morgan fingerprint density at radius 3 is 2.33 bits per heavy atom. The van der Waals surface area contributed by atoms with Gasteiger partial charge in [-0.3, -0.25) is 4.79 Å². The molecule has 1 rings (SSSR count). The minimum Gasteiger partial charge on any atom is -0.349 e. The van der Waals surface area contributed by atoms with E-state index in [-0.39, 0.29) is 17.4 Å². The van der Waals surface area contributed by atoms with Gasteiger partial charge in [-0.05, 0) is 58.7 Å². The van der Waals surface area contributed by atoms with Crippen LogP contribution in [0.25, 0.3) is 0 Å². The zero-order valence-electron chi connectivity index (χ0n) is 11.0. The second-order valence-electron chi connectivity index (χ2n) is 5.38. The van der Waals surface area contributed by atoms with Crippen molar-refractivity contribution in [1.29, 1.82) is 0 Å². The monoisotopic (exact) mass is 379 g/mol. The molecule has 1 N–H and O–H groups in total. The highest BCUT2D eigenvalue weighted by Crippen LogP contribution is 2.22. The van der Waals surface area contributed by atoms with Gasteiger partial charge in [-0.2, -0.15) is 0 Å². The average Bonchev–Trinajstić information content (AvgIpc) is 2.28. The maximum atomic E-state index is 12.1. The van der Waals surface area contributed by atoms with Crippen LogP contribution in [0.1, 0.15) is 37.6 Å². The van der Waals surface area contributed by atoms with Crippen LogP contribution in [0, 0.1) is 8.99 Å². The van der Waals surface area contributed by atoms with Crippen LogP contribution in [0.4, 0.5) is 0 Å². The first kappa shape index (κ1) is 15.8. The van der Waals surface area contributed by atoms with Crippen molar-refractivity contribution in [2.45, 2.75) is 33.2 Å². The highest BCUT2D eigenvalue weighted by atomic mass is 127. The van der Waals surface area contributed by atoms with Crippen molar-refractivity contribution in [3.8, 4) is 0 Å². The highest BCUT2D eigenvalue weighted by Gasteiger charge is 2.25. The van der Waals surface area contributed by atoms with E-state index in [1.807, 2.05) is 24.3 Å². The van der Waals surface area contributed by atoms with Crippen molar-refractivity contribution in [1.82, 2.24) is 5.32 Å². The second-order valence-corrected chi connectivity index (χ2v) is 7.00. The van der Waals surface area contributed by atoms with E-state index < -0.39 is 0 Å². The van der Waals surface area contributed by atoms with Crippen LogP contribution >= 0.6 is 34.2 Å². The summed E-state index contributed by atoms with van der Waals surface area (Å²) in [6.07, 6.45) is 0.779. The Kier molecular flexibility index (Phi) is 5.92. The number of hydrogen-bond donors (Lipinski definition) is 1. The summed E-state index contributed by atoms with van der Waals surface area (Å²) < 4.78 is 1.12. The third-order valence-corrected chi connectivity index (χ3v) is 3.79. The highest BCUT2D eigenvalue weighted by molar-refractivity contribution is 14.1. The van der Waals surface area contributed by atoms with Gasteiger partial charge in [0.2, 0.25) is 0 Å². The molecule has 0 saturated heterocycles. The lowest BCUT2D eigenvalue weighted by Crippen LogP contribution is -2.44. The number of alkyl halides is 1. The van der Waals surface area contributed by atoms with E-state index in [1.54, 1.807) is 0 Å². The van der Waals surface area contributed by atoms with Crippen LogP contribution < -0.4 is 5.32 Å².